The molecule has 0 radical (unpaired) electrons. The molecule has 39 heavy (non-hydrogen) atoms. The number of nitrogens with one attached hydrogen (secondary N) is 2. The minimum absolute atomic E-state index is 0.328. The van der Waals surface area contributed by atoms with Crippen LogP contribution in [0.5, 0.6) is 0 Å². The molecule has 4 aromatic rings. The monoisotopic (exact) mass is 542 g/mol. The summed E-state index contributed by atoms with van der Waals surface area (Å²) in [6, 6.07) is 7.78. The number of hydrogen-bond acceptors (Lipinski definition) is 6. The summed E-state index contributed by atoms with van der Waals surface area (Å²) in [5.41, 5.74) is 8.30. The third kappa shape index (κ3) is 5.78. The maximum atomic E-state index is 14.0. The number of alkyl halides is 3. The summed E-state index contributed by atoms with van der Waals surface area (Å²) in [4.78, 5) is 21.2. The van der Waals surface area contributed by atoms with Crippen molar-refractivity contribution >= 4 is 28.7 Å². The van der Waals surface area contributed by atoms with Crippen LogP contribution in [0.1, 0.15) is 11.1 Å². The molecule has 9 nitrogen and oxygen atoms in total. The lowest BCUT2D eigenvalue weighted by Gasteiger charge is -2.32. The molecule has 2 aromatic carbocycles. The van der Waals surface area contributed by atoms with Crippen LogP contribution in [0.3, 0.4) is 0 Å². The smallest absolute Gasteiger partial charge is 0.382 e. The summed E-state index contributed by atoms with van der Waals surface area (Å²) in [6.07, 6.45) is -1.34. The van der Waals surface area contributed by atoms with E-state index in [0.29, 0.717) is 41.8 Å². The quantitative estimate of drug-likeness (QED) is 0.320. The zero-order valence-corrected chi connectivity index (χ0v) is 21.0. The van der Waals surface area contributed by atoms with E-state index in [1.165, 1.54) is 6.33 Å². The molecule has 3 heterocycles. The lowest BCUT2D eigenvalue weighted by atomic mass is 10.0. The summed E-state index contributed by atoms with van der Waals surface area (Å²) in [7, 11) is 2.09. The first-order chi connectivity index (χ1) is 18.6. The van der Waals surface area contributed by atoms with Gasteiger partial charge in [-0.15, -0.1) is 0 Å². The van der Waals surface area contributed by atoms with E-state index in [9.17, 15) is 22.4 Å². The zero-order valence-electron chi connectivity index (χ0n) is 21.0. The van der Waals surface area contributed by atoms with E-state index < -0.39 is 29.3 Å². The SMILES string of the molecule is CN1CCN(Cc2cn3ncnc(N)c3c2-c2ccc(NC(=O)Nc3cc(C(F)(F)F)ccc3F)cc2)CC1. The Morgan fingerprint density at radius 3 is 2.46 bits per heavy atom. The van der Waals surface area contributed by atoms with Crippen molar-refractivity contribution in [3.63, 3.8) is 0 Å². The highest BCUT2D eigenvalue weighted by atomic mass is 19.4. The van der Waals surface area contributed by atoms with E-state index in [2.05, 4.69) is 37.6 Å². The van der Waals surface area contributed by atoms with E-state index >= 15 is 0 Å². The number of nitrogens with zero attached hydrogens (tertiary/aromatic N) is 5. The van der Waals surface area contributed by atoms with Gasteiger partial charge < -0.3 is 21.3 Å². The summed E-state index contributed by atoms with van der Waals surface area (Å²) >= 11 is 0. The second kappa shape index (κ2) is 10.5. The molecule has 0 unspecified atom stereocenters. The lowest BCUT2D eigenvalue weighted by Crippen LogP contribution is -2.43. The topological polar surface area (TPSA) is 104 Å². The lowest BCUT2D eigenvalue weighted by molar-refractivity contribution is -0.137. The van der Waals surface area contributed by atoms with Gasteiger partial charge in [-0.1, -0.05) is 12.1 Å². The van der Waals surface area contributed by atoms with Gasteiger partial charge in [0.05, 0.1) is 11.3 Å². The standard InChI is InChI=1S/C26H26F4N8O/c1-36-8-10-37(11-9-36)13-17-14-38-23(24(31)32-15-33-38)22(17)16-2-5-19(6-3-16)34-25(39)35-21-12-18(26(28,29)30)4-7-20(21)27/h2-7,12,14-15H,8-11,13H2,1H3,(H2,31,32,33)(H2,34,35,39). The molecule has 2 amide bonds. The number of carbonyl (C=O) groups excluding carboxylic acids is 1. The van der Waals surface area contributed by atoms with Crippen LogP contribution in [-0.2, 0) is 12.7 Å². The van der Waals surface area contributed by atoms with Crippen molar-refractivity contribution in [1.82, 2.24) is 24.4 Å². The molecule has 1 fully saturated rings. The van der Waals surface area contributed by atoms with Crippen LogP contribution in [0, 0.1) is 5.82 Å². The van der Waals surface area contributed by atoms with E-state index in [0.717, 1.165) is 42.9 Å². The Kier molecular flexibility index (Phi) is 7.10. The first-order valence-electron chi connectivity index (χ1n) is 12.2. The number of halogens is 4. The van der Waals surface area contributed by atoms with Gasteiger partial charge in [-0.25, -0.2) is 18.7 Å². The van der Waals surface area contributed by atoms with Crippen LogP contribution < -0.4 is 16.4 Å². The number of benzene rings is 2. The van der Waals surface area contributed by atoms with Gasteiger partial charge >= 0.3 is 12.2 Å². The van der Waals surface area contributed by atoms with Crippen molar-refractivity contribution in [3.05, 3.63) is 71.9 Å². The van der Waals surface area contributed by atoms with Crippen LogP contribution in [0.25, 0.3) is 16.6 Å². The number of aromatic nitrogens is 3. The van der Waals surface area contributed by atoms with Crippen LogP contribution in [0.2, 0.25) is 0 Å². The van der Waals surface area contributed by atoms with Gasteiger partial charge in [-0.3, -0.25) is 4.90 Å². The second-order valence-electron chi connectivity index (χ2n) is 9.40. The maximum absolute atomic E-state index is 14.0. The highest BCUT2D eigenvalue weighted by Crippen LogP contribution is 2.34. The Hall–Kier alpha value is -4.23. The third-order valence-electron chi connectivity index (χ3n) is 6.64. The van der Waals surface area contributed by atoms with Gasteiger partial charge in [0.1, 0.15) is 17.7 Å². The Labute approximate surface area is 221 Å². The Balaban J connectivity index is 1.36. The number of hydrogen-bond donors (Lipinski definition) is 3. The van der Waals surface area contributed by atoms with Crippen molar-refractivity contribution in [3.8, 4) is 11.1 Å². The fourth-order valence-corrected chi connectivity index (χ4v) is 4.58. The molecule has 13 heteroatoms. The van der Waals surface area contributed by atoms with E-state index in [-0.39, 0.29) is 0 Å². The number of piperazine rings is 1. The van der Waals surface area contributed by atoms with E-state index in [1.54, 1.807) is 28.8 Å². The van der Waals surface area contributed by atoms with Gasteiger partial charge in [0.2, 0.25) is 0 Å². The van der Waals surface area contributed by atoms with Gasteiger partial charge in [0, 0.05) is 50.2 Å². The van der Waals surface area contributed by atoms with E-state index in [1.807, 2.05) is 6.20 Å². The fourth-order valence-electron chi connectivity index (χ4n) is 4.58. The minimum Gasteiger partial charge on any atom is -0.382 e. The number of likely N-dealkylation sites (N-methyl/N-ethyl adjacent to an activating group) is 1. The van der Waals surface area contributed by atoms with Crippen molar-refractivity contribution in [2.24, 2.45) is 0 Å². The molecule has 2 aromatic heterocycles. The van der Waals surface area contributed by atoms with Gasteiger partial charge in [0.15, 0.2) is 5.82 Å². The molecule has 0 saturated carbocycles. The predicted octanol–water partition coefficient (Wildman–Crippen LogP) is 4.53. The first kappa shape index (κ1) is 26.4. The number of carbonyl (C=O) groups is 1. The first-order valence-corrected chi connectivity index (χ1v) is 12.2. The van der Waals surface area contributed by atoms with Crippen LogP contribution in [-0.4, -0.2) is 63.7 Å². The predicted molar refractivity (Wildman–Crippen MR) is 140 cm³/mol. The second-order valence-corrected chi connectivity index (χ2v) is 9.40. The molecular weight excluding hydrogens is 516 g/mol. The van der Waals surface area contributed by atoms with Crippen LogP contribution in [0.4, 0.5) is 39.5 Å². The van der Waals surface area contributed by atoms with Gasteiger partial charge in [-0.2, -0.15) is 18.3 Å². The molecule has 0 bridgehead atoms. The number of rotatable bonds is 5. The number of anilines is 3. The highest BCUT2D eigenvalue weighted by molar-refractivity contribution is 6.00. The molecule has 1 saturated heterocycles. The van der Waals surface area contributed by atoms with Crippen molar-refractivity contribution in [2.75, 3.05) is 49.6 Å². The highest BCUT2D eigenvalue weighted by Gasteiger charge is 2.31. The molecule has 1 aliphatic heterocycles. The summed E-state index contributed by atoms with van der Waals surface area (Å²) in [5.74, 6) is -0.656. The van der Waals surface area contributed by atoms with Crippen LogP contribution >= 0.6 is 0 Å². The number of nitrogens with two attached hydrogens (primary N) is 1. The number of urea groups is 1. The van der Waals surface area contributed by atoms with Gasteiger partial charge in [0.25, 0.3) is 0 Å². The van der Waals surface area contributed by atoms with Crippen molar-refractivity contribution in [2.45, 2.75) is 12.7 Å². The van der Waals surface area contributed by atoms with Crippen molar-refractivity contribution < 1.29 is 22.4 Å². The Morgan fingerprint density at radius 1 is 1.05 bits per heavy atom. The molecule has 0 atom stereocenters. The Bertz CT molecular complexity index is 1490. The fraction of sp³-hybridized carbons (Fsp3) is 0.269. The summed E-state index contributed by atoms with van der Waals surface area (Å²) < 4.78 is 54.6. The molecular formula is C26H26F4N8O. The molecule has 0 aliphatic carbocycles. The molecule has 5 rings (SSSR count). The summed E-state index contributed by atoms with van der Waals surface area (Å²) in [6.45, 7) is 4.48. The third-order valence-corrected chi connectivity index (χ3v) is 6.64. The van der Waals surface area contributed by atoms with E-state index in [4.69, 9.17) is 5.73 Å². The number of amides is 2. The molecule has 1 aliphatic rings. The molecule has 4 N–H and O–H groups in total. The zero-order chi connectivity index (χ0) is 27.7. The Morgan fingerprint density at radius 2 is 1.77 bits per heavy atom. The summed E-state index contributed by atoms with van der Waals surface area (Å²) in [5, 5.41) is 8.96. The largest absolute Gasteiger partial charge is 0.416 e. The molecule has 204 valence electrons. The minimum atomic E-state index is -4.67. The van der Waals surface area contributed by atoms with Crippen molar-refractivity contribution in [1.29, 1.82) is 0 Å². The maximum Gasteiger partial charge on any atom is 0.416 e. The van der Waals surface area contributed by atoms with Gasteiger partial charge in [-0.05, 0) is 48.5 Å². The number of nitrogen functional groups attached to an aromatic ring is 1. The molecule has 0 spiro atoms. The normalized spacial score (nSPS) is 15.0. The average molecular weight is 543 g/mol. The van der Waals surface area contributed by atoms with Crippen LogP contribution in [0.15, 0.2) is 55.0 Å². The average Bonchev–Trinajstić information content (AvgIpc) is 3.25. The number of fused-ring (bicyclic) bond motifs is 1.